The summed E-state index contributed by atoms with van der Waals surface area (Å²) in [5, 5.41) is 11.1. The highest BCUT2D eigenvalue weighted by molar-refractivity contribution is 6.33. The van der Waals surface area contributed by atoms with Crippen molar-refractivity contribution in [3.63, 3.8) is 0 Å². The summed E-state index contributed by atoms with van der Waals surface area (Å²) >= 11 is 6.52. The van der Waals surface area contributed by atoms with E-state index in [0.717, 1.165) is 61.8 Å². The van der Waals surface area contributed by atoms with E-state index in [1.54, 1.807) is 0 Å². The number of benzene rings is 1. The standard InChI is InChI=1S/C22H25ClN4O2/c1-27-11-7-16(8-12-27)29-21-24-18-13-17(23)19(25-20(18)26-21)14-3-5-15(6-4-14)22(28)9-2-10-22/h3-6,13,16,28H,2,7-12H2,1H3,(H,24,25,26). The van der Waals surface area contributed by atoms with E-state index in [9.17, 15) is 5.11 Å². The summed E-state index contributed by atoms with van der Waals surface area (Å²) in [6, 6.07) is 10.2. The number of halogens is 1. The van der Waals surface area contributed by atoms with Gasteiger partial charge in [0.05, 0.1) is 21.8 Å². The van der Waals surface area contributed by atoms with E-state index in [4.69, 9.17) is 16.3 Å². The van der Waals surface area contributed by atoms with E-state index in [0.29, 0.717) is 22.4 Å². The average Bonchev–Trinajstić information content (AvgIpc) is 3.08. The molecule has 7 heteroatoms. The van der Waals surface area contributed by atoms with E-state index in [2.05, 4.69) is 26.9 Å². The number of hydrogen-bond donors (Lipinski definition) is 2. The van der Waals surface area contributed by atoms with Crippen LogP contribution in [0.5, 0.6) is 6.01 Å². The second-order valence-electron chi connectivity index (χ2n) is 8.31. The maximum Gasteiger partial charge on any atom is 0.296 e. The minimum atomic E-state index is -0.665. The molecule has 0 bridgehead atoms. The van der Waals surface area contributed by atoms with Gasteiger partial charge in [0, 0.05) is 18.7 Å². The lowest BCUT2D eigenvalue weighted by Gasteiger charge is -2.37. The van der Waals surface area contributed by atoms with Crippen LogP contribution in [0.15, 0.2) is 30.3 Å². The predicted molar refractivity (Wildman–Crippen MR) is 113 cm³/mol. The molecular weight excluding hydrogens is 388 g/mol. The summed E-state index contributed by atoms with van der Waals surface area (Å²) in [6.45, 7) is 2.06. The minimum absolute atomic E-state index is 0.173. The van der Waals surface area contributed by atoms with Gasteiger partial charge in [-0.3, -0.25) is 0 Å². The molecule has 0 atom stereocenters. The van der Waals surface area contributed by atoms with Crippen LogP contribution in [0.3, 0.4) is 0 Å². The van der Waals surface area contributed by atoms with Gasteiger partial charge in [-0.05, 0) is 50.8 Å². The molecule has 1 aromatic carbocycles. The Morgan fingerprint density at radius 2 is 1.90 bits per heavy atom. The number of H-pyrrole nitrogens is 1. The molecule has 3 aromatic rings. The summed E-state index contributed by atoms with van der Waals surface area (Å²) < 4.78 is 6.04. The van der Waals surface area contributed by atoms with E-state index >= 15 is 0 Å². The van der Waals surface area contributed by atoms with Crippen LogP contribution in [-0.2, 0) is 5.60 Å². The second kappa shape index (κ2) is 7.27. The molecule has 5 rings (SSSR count). The predicted octanol–water partition coefficient (Wildman–Crippen LogP) is 4.12. The average molecular weight is 413 g/mol. The molecule has 1 saturated carbocycles. The summed E-state index contributed by atoms with van der Waals surface area (Å²) in [7, 11) is 2.13. The van der Waals surface area contributed by atoms with Gasteiger partial charge in [-0.15, -0.1) is 0 Å². The fourth-order valence-electron chi connectivity index (χ4n) is 4.15. The molecule has 0 unspecified atom stereocenters. The van der Waals surface area contributed by atoms with Gasteiger partial charge in [-0.1, -0.05) is 35.9 Å². The third-order valence-electron chi connectivity index (χ3n) is 6.23. The summed E-state index contributed by atoms with van der Waals surface area (Å²) in [5.74, 6) is 0. The highest BCUT2D eigenvalue weighted by Crippen LogP contribution is 2.41. The second-order valence-corrected chi connectivity index (χ2v) is 8.72. The molecule has 2 fully saturated rings. The van der Waals surface area contributed by atoms with Crippen molar-refractivity contribution in [1.29, 1.82) is 0 Å². The van der Waals surface area contributed by atoms with Crippen LogP contribution in [0.4, 0.5) is 0 Å². The Bertz CT molecular complexity index is 1020. The summed E-state index contributed by atoms with van der Waals surface area (Å²) in [4.78, 5) is 14.7. The number of aliphatic hydroxyl groups is 1. The van der Waals surface area contributed by atoms with Gasteiger partial charge >= 0.3 is 0 Å². The first-order chi connectivity index (χ1) is 14.0. The van der Waals surface area contributed by atoms with Gasteiger partial charge in [0.1, 0.15) is 6.10 Å². The number of rotatable bonds is 4. The molecule has 152 valence electrons. The number of nitrogens with zero attached hydrogens (tertiary/aromatic N) is 3. The van der Waals surface area contributed by atoms with E-state index < -0.39 is 5.60 Å². The van der Waals surface area contributed by atoms with Crippen molar-refractivity contribution in [2.75, 3.05) is 20.1 Å². The molecule has 2 aromatic heterocycles. The molecule has 6 nitrogen and oxygen atoms in total. The van der Waals surface area contributed by atoms with E-state index in [1.807, 2.05) is 30.3 Å². The number of piperidine rings is 1. The zero-order valence-corrected chi connectivity index (χ0v) is 17.2. The fourth-order valence-corrected chi connectivity index (χ4v) is 4.41. The number of aromatic amines is 1. The van der Waals surface area contributed by atoms with Gasteiger partial charge < -0.3 is 19.7 Å². The smallest absolute Gasteiger partial charge is 0.296 e. The molecular formula is C22H25ClN4O2. The highest BCUT2D eigenvalue weighted by Gasteiger charge is 2.36. The van der Waals surface area contributed by atoms with Crippen molar-refractivity contribution in [2.45, 2.75) is 43.8 Å². The van der Waals surface area contributed by atoms with Crippen LogP contribution in [-0.4, -0.2) is 51.2 Å². The van der Waals surface area contributed by atoms with Gasteiger partial charge in [-0.2, -0.15) is 4.98 Å². The molecule has 0 radical (unpaired) electrons. The SMILES string of the molecule is CN1CCC(Oc2nc3nc(-c4ccc(C5(O)CCC5)cc4)c(Cl)cc3[nH]2)CC1. The Balaban J connectivity index is 1.39. The van der Waals surface area contributed by atoms with Gasteiger partial charge in [0.2, 0.25) is 0 Å². The van der Waals surface area contributed by atoms with E-state index in [-0.39, 0.29) is 6.10 Å². The maximum absolute atomic E-state index is 10.5. The van der Waals surface area contributed by atoms with Crippen LogP contribution in [0.25, 0.3) is 22.4 Å². The van der Waals surface area contributed by atoms with Crippen molar-refractivity contribution in [3.8, 4) is 17.3 Å². The van der Waals surface area contributed by atoms with Gasteiger partial charge in [0.25, 0.3) is 6.01 Å². The van der Waals surface area contributed by atoms with Crippen molar-refractivity contribution < 1.29 is 9.84 Å². The van der Waals surface area contributed by atoms with Gasteiger partial charge in [0.15, 0.2) is 5.65 Å². The molecule has 3 heterocycles. The molecule has 1 saturated heterocycles. The van der Waals surface area contributed by atoms with Crippen molar-refractivity contribution >= 4 is 22.8 Å². The summed E-state index contributed by atoms with van der Waals surface area (Å²) in [6.07, 6.45) is 4.88. The molecule has 29 heavy (non-hydrogen) atoms. The maximum atomic E-state index is 10.5. The first kappa shape index (κ1) is 18.9. The molecule has 0 spiro atoms. The Kier molecular flexibility index (Phi) is 4.73. The number of imidazole rings is 1. The van der Waals surface area contributed by atoms with Crippen molar-refractivity contribution in [2.24, 2.45) is 0 Å². The Hall–Kier alpha value is -2.15. The Morgan fingerprint density at radius 1 is 1.17 bits per heavy atom. The van der Waals surface area contributed by atoms with Crippen LogP contribution in [0, 0.1) is 0 Å². The largest absolute Gasteiger partial charge is 0.461 e. The number of fused-ring (bicyclic) bond motifs is 1. The lowest BCUT2D eigenvalue weighted by atomic mass is 9.75. The number of ether oxygens (including phenoxy) is 1. The Morgan fingerprint density at radius 3 is 2.55 bits per heavy atom. The number of pyridine rings is 1. The van der Waals surface area contributed by atoms with Gasteiger partial charge in [-0.25, -0.2) is 4.98 Å². The lowest BCUT2D eigenvalue weighted by molar-refractivity contribution is -0.0387. The van der Waals surface area contributed by atoms with Crippen LogP contribution in [0.2, 0.25) is 5.02 Å². The molecule has 0 amide bonds. The minimum Gasteiger partial charge on any atom is -0.461 e. The van der Waals surface area contributed by atoms with E-state index in [1.165, 1.54) is 0 Å². The molecule has 2 N–H and O–H groups in total. The normalized spacial score (nSPS) is 20.0. The monoisotopic (exact) mass is 412 g/mol. The highest BCUT2D eigenvalue weighted by atomic mass is 35.5. The first-order valence-electron chi connectivity index (χ1n) is 10.2. The quantitative estimate of drug-likeness (QED) is 0.674. The number of aromatic nitrogens is 3. The lowest BCUT2D eigenvalue weighted by Crippen LogP contribution is -2.35. The zero-order valence-electron chi connectivity index (χ0n) is 16.5. The fraction of sp³-hybridized carbons (Fsp3) is 0.455. The van der Waals surface area contributed by atoms with Crippen molar-refractivity contribution in [1.82, 2.24) is 19.9 Å². The zero-order chi connectivity index (χ0) is 20.0. The third-order valence-corrected chi connectivity index (χ3v) is 6.51. The van der Waals surface area contributed by atoms with Crippen LogP contribution in [0.1, 0.15) is 37.7 Å². The number of nitrogens with one attached hydrogen (secondary N) is 1. The Labute approximate surface area is 174 Å². The topological polar surface area (TPSA) is 74.3 Å². The van der Waals surface area contributed by atoms with Crippen LogP contribution < -0.4 is 4.74 Å². The molecule has 2 aliphatic rings. The van der Waals surface area contributed by atoms with Crippen molar-refractivity contribution in [3.05, 3.63) is 40.9 Å². The summed E-state index contributed by atoms with van der Waals surface area (Å²) in [5.41, 5.74) is 3.24. The third kappa shape index (κ3) is 3.61. The number of likely N-dealkylation sites (tertiary alicyclic amines) is 1. The molecule has 1 aliphatic heterocycles. The van der Waals surface area contributed by atoms with Crippen LogP contribution >= 0.6 is 11.6 Å². The first-order valence-corrected chi connectivity index (χ1v) is 10.6. The molecule has 1 aliphatic carbocycles. The number of hydrogen-bond acceptors (Lipinski definition) is 5.